The first-order chi connectivity index (χ1) is 20.9. The quantitative estimate of drug-likeness (QED) is 0.194. The molecule has 0 saturated heterocycles. The number of rotatable bonds is 5. The molecule has 2 aromatic heterocycles. The van der Waals surface area contributed by atoms with Crippen molar-refractivity contribution in [2.75, 3.05) is 0 Å². The number of hydrogen-bond donors (Lipinski definition) is 0. The Kier molecular flexibility index (Phi) is 6.47. The molecule has 0 saturated carbocycles. The largest absolute Gasteiger partial charge is 0.292 e. The van der Waals surface area contributed by atoms with Gasteiger partial charge in [-0.3, -0.25) is 4.57 Å². The number of nitrogens with zero attached hydrogens (tertiary/aromatic N) is 5. The smallest absolute Gasteiger partial charge is 0.164 e. The Morgan fingerprint density at radius 1 is 0.419 bits per heavy atom. The standard InChI is InChI=1S/C34H19F4N5/c35-24-12-8-20(9-13-24)31-40-32(21-10-14-25(36)15-11-21)42-33(41-31)22-4-3-5-23(16-22)34-39-29-6-1-2-7-30(29)43(34)28-18-26(37)17-27(38)19-28/h1-19H. The lowest BCUT2D eigenvalue weighted by Gasteiger charge is -2.12. The topological polar surface area (TPSA) is 56.5 Å². The van der Waals surface area contributed by atoms with Crippen LogP contribution in [0.4, 0.5) is 17.6 Å². The van der Waals surface area contributed by atoms with E-state index >= 15 is 0 Å². The van der Waals surface area contributed by atoms with E-state index in [0.717, 1.165) is 6.07 Å². The molecule has 0 bridgehead atoms. The van der Waals surface area contributed by atoms with E-state index in [2.05, 4.69) is 15.0 Å². The van der Waals surface area contributed by atoms with Crippen LogP contribution in [0.1, 0.15) is 0 Å². The molecule has 208 valence electrons. The third kappa shape index (κ3) is 5.12. The molecule has 2 heterocycles. The van der Waals surface area contributed by atoms with Crippen LogP contribution < -0.4 is 0 Å². The maximum Gasteiger partial charge on any atom is 0.164 e. The van der Waals surface area contributed by atoms with E-state index in [1.165, 1.54) is 36.4 Å². The summed E-state index contributed by atoms with van der Waals surface area (Å²) in [5.74, 6) is -0.835. The van der Waals surface area contributed by atoms with E-state index in [9.17, 15) is 17.6 Å². The molecule has 43 heavy (non-hydrogen) atoms. The van der Waals surface area contributed by atoms with E-state index in [0.29, 0.717) is 56.6 Å². The van der Waals surface area contributed by atoms with E-state index in [1.54, 1.807) is 34.9 Å². The summed E-state index contributed by atoms with van der Waals surface area (Å²) in [6.07, 6.45) is 0. The zero-order chi connectivity index (χ0) is 29.5. The minimum atomic E-state index is -0.709. The monoisotopic (exact) mass is 573 g/mol. The van der Waals surface area contributed by atoms with Crippen LogP contribution in [0.25, 0.3) is 62.3 Å². The van der Waals surface area contributed by atoms with Gasteiger partial charge in [-0.2, -0.15) is 0 Å². The summed E-state index contributed by atoms with van der Waals surface area (Å²) in [4.78, 5) is 18.7. The molecule has 0 aliphatic carbocycles. The highest BCUT2D eigenvalue weighted by atomic mass is 19.1. The number of fused-ring (bicyclic) bond motifs is 1. The van der Waals surface area contributed by atoms with Gasteiger partial charge in [0.05, 0.1) is 16.7 Å². The lowest BCUT2D eigenvalue weighted by atomic mass is 10.1. The summed E-state index contributed by atoms with van der Waals surface area (Å²) in [5, 5.41) is 0. The molecule has 0 radical (unpaired) electrons. The van der Waals surface area contributed by atoms with Gasteiger partial charge in [0.15, 0.2) is 17.5 Å². The van der Waals surface area contributed by atoms with Crippen LogP contribution in [0.3, 0.4) is 0 Å². The molecule has 5 aromatic carbocycles. The number of aromatic nitrogens is 5. The van der Waals surface area contributed by atoms with Crippen LogP contribution in [0.15, 0.2) is 115 Å². The van der Waals surface area contributed by atoms with Gasteiger partial charge in [-0.25, -0.2) is 37.5 Å². The second kappa shape index (κ2) is 10.6. The summed E-state index contributed by atoms with van der Waals surface area (Å²) in [6, 6.07) is 29.5. The zero-order valence-electron chi connectivity index (χ0n) is 22.2. The molecule has 0 spiro atoms. The van der Waals surface area contributed by atoms with Crippen LogP contribution in [-0.4, -0.2) is 24.5 Å². The number of hydrogen-bond acceptors (Lipinski definition) is 4. The zero-order valence-corrected chi connectivity index (χ0v) is 22.2. The van der Waals surface area contributed by atoms with E-state index in [1.807, 2.05) is 42.5 Å². The molecule has 7 aromatic rings. The van der Waals surface area contributed by atoms with Gasteiger partial charge in [0.25, 0.3) is 0 Å². The predicted molar refractivity (Wildman–Crippen MR) is 156 cm³/mol. The Hall–Kier alpha value is -5.70. The molecular formula is C34H19F4N5. The average molecular weight is 574 g/mol. The van der Waals surface area contributed by atoms with Crippen molar-refractivity contribution in [1.82, 2.24) is 24.5 Å². The SMILES string of the molecule is Fc1ccc(-c2nc(-c3ccc(F)cc3)nc(-c3cccc(-c4nc5ccccc5n4-c4cc(F)cc(F)c4)c3)n2)cc1. The minimum absolute atomic E-state index is 0.281. The third-order valence-electron chi connectivity index (χ3n) is 6.89. The van der Waals surface area contributed by atoms with Gasteiger partial charge in [-0.15, -0.1) is 0 Å². The Morgan fingerprint density at radius 2 is 0.953 bits per heavy atom. The van der Waals surface area contributed by atoms with Crippen molar-refractivity contribution in [1.29, 1.82) is 0 Å². The minimum Gasteiger partial charge on any atom is -0.292 e. The fourth-order valence-corrected chi connectivity index (χ4v) is 4.91. The number of imidazole rings is 1. The van der Waals surface area contributed by atoms with Crippen molar-refractivity contribution in [3.63, 3.8) is 0 Å². The molecular weight excluding hydrogens is 554 g/mol. The van der Waals surface area contributed by atoms with Gasteiger partial charge in [-0.05, 0) is 78.9 Å². The maximum absolute atomic E-state index is 14.3. The fraction of sp³-hybridized carbons (Fsp3) is 0. The second-order valence-electron chi connectivity index (χ2n) is 9.79. The van der Waals surface area contributed by atoms with Crippen LogP contribution in [0.2, 0.25) is 0 Å². The van der Waals surface area contributed by atoms with Gasteiger partial charge in [0.1, 0.15) is 29.1 Å². The summed E-state index contributed by atoms with van der Waals surface area (Å²) in [7, 11) is 0. The van der Waals surface area contributed by atoms with Crippen molar-refractivity contribution >= 4 is 11.0 Å². The number of benzene rings is 5. The predicted octanol–water partition coefficient (Wildman–Crippen LogP) is 8.43. The van der Waals surface area contributed by atoms with Gasteiger partial charge in [0.2, 0.25) is 0 Å². The van der Waals surface area contributed by atoms with Crippen LogP contribution >= 0.6 is 0 Å². The first-order valence-corrected chi connectivity index (χ1v) is 13.2. The average Bonchev–Trinajstić information content (AvgIpc) is 3.41. The first kappa shape index (κ1) is 26.2. The molecule has 0 N–H and O–H groups in total. The van der Waals surface area contributed by atoms with E-state index in [-0.39, 0.29) is 5.69 Å². The van der Waals surface area contributed by atoms with Crippen molar-refractivity contribution in [3.8, 4) is 51.2 Å². The molecule has 0 fully saturated rings. The summed E-state index contributed by atoms with van der Waals surface area (Å²) in [6.45, 7) is 0. The number of para-hydroxylation sites is 2. The summed E-state index contributed by atoms with van der Waals surface area (Å²) < 4.78 is 57.6. The Labute approximate surface area is 242 Å². The molecule has 5 nitrogen and oxygen atoms in total. The normalized spacial score (nSPS) is 11.3. The van der Waals surface area contributed by atoms with Crippen molar-refractivity contribution in [3.05, 3.63) is 139 Å². The molecule has 0 aliphatic rings. The molecule has 9 heteroatoms. The molecule has 0 atom stereocenters. The molecule has 0 aliphatic heterocycles. The van der Waals surface area contributed by atoms with Crippen LogP contribution in [0.5, 0.6) is 0 Å². The molecule has 0 amide bonds. The molecule has 0 unspecified atom stereocenters. The van der Waals surface area contributed by atoms with Gasteiger partial charge < -0.3 is 0 Å². The van der Waals surface area contributed by atoms with Crippen LogP contribution in [-0.2, 0) is 0 Å². The van der Waals surface area contributed by atoms with Crippen molar-refractivity contribution < 1.29 is 17.6 Å². The molecule has 7 rings (SSSR count). The first-order valence-electron chi connectivity index (χ1n) is 13.2. The van der Waals surface area contributed by atoms with E-state index < -0.39 is 23.3 Å². The number of halogens is 4. The highest BCUT2D eigenvalue weighted by Crippen LogP contribution is 2.32. The fourth-order valence-electron chi connectivity index (χ4n) is 4.91. The highest BCUT2D eigenvalue weighted by molar-refractivity contribution is 5.84. The van der Waals surface area contributed by atoms with Gasteiger partial charge in [0, 0.05) is 28.3 Å². The van der Waals surface area contributed by atoms with E-state index in [4.69, 9.17) is 4.98 Å². The maximum atomic E-state index is 14.3. The van der Waals surface area contributed by atoms with Gasteiger partial charge >= 0.3 is 0 Å². The summed E-state index contributed by atoms with van der Waals surface area (Å²) in [5.41, 5.74) is 3.99. The second-order valence-corrected chi connectivity index (χ2v) is 9.79. The third-order valence-corrected chi connectivity index (χ3v) is 6.89. The van der Waals surface area contributed by atoms with Crippen molar-refractivity contribution in [2.45, 2.75) is 0 Å². The Bertz CT molecular complexity index is 2040. The highest BCUT2D eigenvalue weighted by Gasteiger charge is 2.18. The summed E-state index contributed by atoms with van der Waals surface area (Å²) >= 11 is 0. The van der Waals surface area contributed by atoms with Crippen molar-refractivity contribution in [2.24, 2.45) is 0 Å². The van der Waals surface area contributed by atoms with Gasteiger partial charge in [-0.1, -0.05) is 30.3 Å². The lowest BCUT2D eigenvalue weighted by Crippen LogP contribution is -2.01. The lowest BCUT2D eigenvalue weighted by molar-refractivity contribution is 0.582. The van der Waals surface area contributed by atoms with Crippen LogP contribution in [0, 0.1) is 23.3 Å². The Morgan fingerprint density at radius 3 is 1.56 bits per heavy atom. The Balaban J connectivity index is 1.41.